The number of nitrogens with zero attached hydrogens (tertiary/aromatic N) is 3. The van der Waals surface area contributed by atoms with E-state index in [9.17, 15) is 4.79 Å². The van der Waals surface area contributed by atoms with Crippen molar-refractivity contribution < 1.29 is 4.79 Å². The first kappa shape index (κ1) is 17.3. The molecular formula is C20H24N6O. The van der Waals surface area contributed by atoms with E-state index in [-0.39, 0.29) is 5.91 Å². The molecule has 1 aliphatic rings. The lowest BCUT2D eigenvalue weighted by Gasteiger charge is -2.20. The molecule has 0 saturated heterocycles. The van der Waals surface area contributed by atoms with Crippen LogP contribution in [0.25, 0.3) is 5.65 Å². The number of hydrogen-bond donors (Lipinski definition) is 3. The van der Waals surface area contributed by atoms with Gasteiger partial charge in [0.1, 0.15) is 17.3 Å². The number of carbonyl (C=O) groups excluding carboxylic acids is 1. The summed E-state index contributed by atoms with van der Waals surface area (Å²) < 4.78 is 1.69. The summed E-state index contributed by atoms with van der Waals surface area (Å²) in [7, 11) is 1.84. The van der Waals surface area contributed by atoms with Crippen molar-refractivity contribution in [3.63, 3.8) is 0 Å². The minimum atomic E-state index is -0.0619. The molecule has 0 radical (unpaired) electrons. The van der Waals surface area contributed by atoms with Gasteiger partial charge in [-0.1, -0.05) is 19.1 Å². The van der Waals surface area contributed by atoms with Crippen molar-refractivity contribution in [1.29, 1.82) is 0 Å². The summed E-state index contributed by atoms with van der Waals surface area (Å²) in [4.78, 5) is 16.5. The lowest BCUT2D eigenvalue weighted by Crippen LogP contribution is -2.11. The predicted octanol–water partition coefficient (Wildman–Crippen LogP) is 3.74. The summed E-state index contributed by atoms with van der Waals surface area (Å²) >= 11 is 0. The van der Waals surface area contributed by atoms with E-state index in [1.54, 1.807) is 10.7 Å². The summed E-state index contributed by atoms with van der Waals surface area (Å²) in [6.45, 7) is 1.82. The van der Waals surface area contributed by atoms with Gasteiger partial charge in [-0.3, -0.25) is 4.79 Å². The van der Waals surface area contributed by atoms with Crippen molar-refractivity contribution in [2.75, 3.05) is 23.0 Å². The Labute approximate surface area is 158 Å². The van der Waals surface area contributed by atoms with Gasteiger partial charge in [0.2, 0.25) is 5.91 Å². The minimum absolute atomic E-state index is 0.0619. The number of hydrogen-bond acceptors (Lipinski definition) is 5. The van der Waals surface area contributed by atoms with Crippen molar-refractivity contribution in [3.05, 3.63) is 41.6 Å². The third-order valence-electron chi connectivity index (χ3n) is 4.98. The van der Waals surface area contributed by atoms with Gasteiger partial charge in [-0.2, -0.15) is 9.61 Å². The number of nitrogens with one attached hydrogen (secondary N) is 3. The largest absolute Gasteiger partial charge is 0.373 e. The van der Waals surface area contributed by atoms with Crippen molar-refractivity contribution in [2.45, 2.75) is 39.0 Å². The van der Waals surface area contributed by atoms with Gasteiger partial charge in [-0.15, -0.1) is 0 Å². The topological polar surface area (TPSA) is 83.4 Å². The normalized spacial score (nSPS) is 13.3. The van der Waals surface area contributed by atoms with Gasteiger partial charge >= 0.3 is 0 Å². The van der Waals surface area contributed by atoms with Crippen LogP contribution >= 0.6 is 0 Å². The molecule has 7 heteroatoms. The molecule has 0 bridgehead atoms. The van der Waals surface area contributed by atoms with E-state index in [4.69, 9.17) is 4.98 Å². The molecule has 4 rings (SSSR count). The maximum absolute atomic E-state index is 11.8. The van der Waals surface area contributed by atoms with Gasteiger partial charge in [-0.25, -0.2) is 4.98 Å². The van der Waals surface area contributed by atoms with Crippen LogP contribution < -0.4 is 16.0 Å². The molecule has 2 aromatic heterocycles. The lowest BCUT2D eigenvalue weighted by molar-refractivity contribution is -0.115. The zero-order valence-electron chi connectivity index (χ0n) is 15.7. The number of carbonyl (C=O) groups is 1. The Kier molecular flexibility index (Phi) is 4.66. The highest BCUT2D eigenvalue weighted by atomic mass is 16.1. The van der Waals surface area contributed by atoms with Crippen LogP contribution in [0.4, 0.5) is 23.0 Å². The molecule has 1 aromatic carbocycles. The first-order valence-electron chi connectivity index (χ1n) is 9.43. The van der Waals surface area contributed by atoms with E-state index in [0.29, 0.717) is 17.8 Å². The monoisotopic (exact) mass is 364 g/mol. The number of amides is 1. The second-order valence-corrected chi connectivity index (χ2v) is 6.75. The molecule has 1 amide bonds. The van der Waals surface area contributed by atoms with Crippen molar-refractivity contribution >= 4 is 34.6 Å². The van der Waals surface area contributed by atoms with Crippen LogP contribution in [-0.2, 0) is 17.6 Å². The molecule has 0 saturated carbocycles. The molecule has 3 aromatic rings. The van der Waals surface area contributed by atoms with Crippen molar-refractivity contribution in [2.24, 2.45) is 0 Å². The van der Waals surface area contributed by atoms with Gasteiger partial charge < -0.3 is 16.0 Å². The van der Waals surface area contributed by atoms with Crippen LogP contribution in [-0.4, -0.2) is 27.6 Å². The van der Waals surface area contributed by atoms with Gasteiger partial charge in [0, 0.05) is 25.2 Å². The van der Waals surface area contributed by atoms with E-state index >= 15 is 0 Å². The minimum Gasteiger partial charge on any atom is -0.373 e. The first-order chi connectivity index (χ1) is 13.2. The smallest absolute Gasteiger partial charge is 0.224 e. The molecule has 140 valence electrons. The number of aryl methyl sites for hydroxylation is 1. The molecule has 0 spiro atoms. The number of anilines is 4. The Morgan fingerprint density at radius 3 is 2.89 bits per heavy atom. The van der Waals surface area contributed by atoms with E-state index in [2.05, 4.69) is 39.2 Å². The van der Waals surface area contributed by atoms with Crippen LogP contribution in [0.3, 0.4) is 0 Å². The molecule has 0 fully saturated rings. The second-order valence-electron chi connectivity index (χ2n) is 6.75. The van der Waals surface area contributed by atoms with Gasteiger partial charge in [-0.05, 0) is 42.9 Å². The average molecular weight is 364 g/mol. The fourth-order valence-electron chi connectivity index (χ4n) is 3.57. The Morgan fingerprint density at radius 2 is 2.07 bits per heavy atom. The van der Waals surface area contributed by atoms with Crippen LogP contribution in [0.5, 0.6) is 0 Å². The standard InChI is InChI=1S/C20H24N6O/c1-3-19(27)24-16-12-22-26-18(21-2)11-17(25-20(16)26)23-15-10-6-8-13-7-4-5-9-14(13)15/h6,8,10-12,21H,3-5,7,9H2,1-2H3,(H,23,25)(H,24,27). The zero-order chi connectivity index (χ0) is 18.8. The van der Waals surface area contributed by atoms with Crippen LogP contribution in [0.2, 0.25) is 0 Å². The zero-order valence-corrected chi connectivity index (χ0v) is 15.7. The van der Waals surface area contributed by atoms with E-state index in [1.165, 1.54) is 24.0 Å². The summed E-state index contributed by atoms with van der Waals surface area (Å²) in [5.41, 5.74) is 5.11. The maximum atomic E-state index is 11.8. The number of fused-ring (bicyclic) bond motifs is 2. The van der Waals surface area contributed by atoms with Gasteiger partial charge in [0.05, 0.1) is 6.20 Å². The molecule has 0 aliphatic heterocycles. The SMILES string of the molecule is CCC(=O)Nc1cnn2c(NC)cc(Nc3cccc4c3CCCC4)nc12. The average Bonchev–Trinajstić information content (AvgIpc) is 3.10. The maximum Gasteiger partial charge on any atom is 0.224 e. The van der Waals surface area contributed by atoms with E-state index < -0.39 is 0 Å². The Bertz CT molecular complexity index is 994. The molecule has 0 unspecified atom stereocenters. The number of aromatic nitrogens is 3. The summed E-state index contributed by atoms with van der Waals surface area (Å²) in [6.07, 6.45) is 6.73. The van der Waals surface area contributed by atoms with Crippen LogP contribution in [0.1, 0.15) is 37.3 Å². The van der Waals surface area contributed by atoms with E-state index in [0.717, 1.165) is 30.2 Å². The van der Waals surface area contributed by atoms with E-state index in [1.807, 2.05) is 20.0 Å². The third kappa shape index (κ3) is 3.32. The first-order valence-corrected chi connectivity index (χ1v) is 9.43. The number of rotatable bonds is 5. The highest BCUT2D eigenvalue weighted by molar-refractivity contribution is 5.94. The predicted molar refractivity (Wildman–Crippen MR) is 108 cm³/mol. The van der Waals surface area contributed by atoms with Crippen LogP contribution in [0, 0.1) is 0 Å². The Morgan fingerprint density at radius 1 is 1.22 bits per heavy atom. The van der Waals surface area contributed by atoms with Crippen LogP contribution in [0.15, 0.2) is 30.5 Å². The molecule has 1 aliphatic carbocycles. The third-order valence-corrected chi connectivity index (χ3v) is 4.98. The van der Waals surface area contributed by atoms with Crippen molar-refractivity contribution in [3.8, 4) is 0 Å². The second kappa shape index (κ2) is 7.26. The summed E-state index contributed by atoms with van der Waals surface area (Å²) in [6, 6.07) is 8.33. The highest BCUT2D eigenvalue weighted by Crippen LogP contribution is 2.31. The Balaban J connectivity index is 1.74. The van der Waals surface area contributed by atoms with Gasteiger partial charge in [0.25, 0.3) is 0 Å². The molecule has 3 N–H and O–H groups in total. The summed E-state index contributed by atoms with van der Waals surface area (Å²) in [5, 5.41) is 13.8. The molecule has 0 atom stereocenters. The quantitative estimate of drug-likeness (QED) is 0.642. The molecule has 7 nitrogen and oxygen atoms in total. The highest BCUT2D eigenvalue weighted by Gasteiger charge is 2.16. The Hall–Kier alpha value is -3.09. The van der Waals surface area contributed by atoms with Crippen molar-refractivity contribution in [1.82, 2.24) is 14.6 Å². The molecule has 27 heavy (non-hydrogen) atoms. The molecule has 2 heterocycles. The fourth-order valence-corrected chi connectivity index (χ4v) is 3.57. The fraction of sp³-hybridized carbons (Fsp3) is 0.350. The lowest BCUT2D eigenvalue weighted by atomic mass is 9.90. The molecular weight excluding hydrogens is 340 g/mol. The van der Waals surface area contributed by atoms with Gasteiger partial charge in [0.15, 0.2) is 5.65 Å². The summed E-state index contributed by atoms with van der Waals surface area (Å²) in [5.74, 6) is 1.45. The number of benzene rings is 1.